The minimum absolute atomic E-state index is 0.270. The number of nitrogens with zero attached hydrogens (tertiary/aromatic N) is 4. The molecule has 0 saturated carbocycles. The Morgan fingerprint density at radius 2 is 1.38 bits per heavy atom. The molecule has 0 aliphatic rings. The van der Waals surface area contributed by atoms with Crippen LogP contribution in [0.5, 0.6) is 0 Å². The SMILES string of the molecule is CCOC(=O)c1cc(/C(c2ccc(C)cc2)=c2/cc(C(=O)OCC)n3ccc(=[N+](C)C)cc23)c2cc(N(C)C)ccn12. The van der Waals surface area contributed by atoms with Gasteiger partial charge < -0.3 is 23.2 Å². The van der Waals surface area contributed by atoms with E-state index in [-0.39, 0.29) is 13.2 Å². The van der Waals surface area contributed by atoms with Gasteiger partial charge in [-0.2, -0.15) is 0 Å². The predicted octanol–water partition coefficient (Wildman–Crippen LogP) is 3.92. The number of hydrogen-bond donors (Lipinski definition) is 0. The number of anilines is 1. The predicted molar refractivity (Wildman–Crippen MR) is 166 cm³/mol. The molecule has 0 bridgehead atoms. The van der Waals surface area contributed by atoms with E-state index in [1.54, 1.807) is 13.8 Å². The second-order valence-corrected chi connectivity index (χ2v) is 10.6. The Balaban J connectivity index is 2.02. The van der Waals surface area contributed by atoms with Crippen LogP contribution in [0, 0.1) is 6.92 Å². The van der Waals surface area contributed by atoms with E-state index in [9.17, 15) is 9.59 Å². The highest BCUT2D eigenvalue weighted by molar-refractivity contribution is 5.98. The third kappa shape index (κ3) is 5.16. The minimum Gasteiger partial charge on any atom is -0.461 e. The van der Waals surface area contributed by atoms with Crippen LogP contribution in [-0.4, -0.2) is 62.1 Å². The molecule has 0 fully saturated rings. The fourth-order valence-electron chi connectivity index (χ4n) is 5.23. The van der Waals surface area contributed by atoms with E-state index in [0.717, 1.165) is 49.6 Å². The summed E-state index contributed by atoms with van der Waals surface area (Å²) in [5, 5.41) is 1.84. The molecule has 1 aromatic carbocycles. The van der Waals surface area contributed by atoms with Gasteiger partial charge in [-0.3, -0.25) is 0 Å². The van der Waals surface area contributed by atoms with E-state index in [1.807, 2.05) is 83.1 Å². The number of hydrogen-bond acceptors (Lipinski definition) is 5. The summed E-state index contributed by atoms with van der Waals surface area (Å²) in [6.45, 7) is 6.19. The molecule has 0 amide bonds. The topological polar surface area (TPSA) is 67.7 Å². The second kappa shape index (κ2) is 11.6. The van der Waals surface area contributed by atoms with Crippen molar-refractivity contribution in [3.05, 3.63) is 112 Å². The number of carbonyl (C=O) groups excluding carboxylic acids is 2. The number of benzene rings is 1. The highest BCUT2D eigenvalue weighted by atomic mass is 16.5. The van der Waals surface area contributed by atoms with Gasteiger partial charge in [-0.1, -0.05) is 29.8 Å². The van der Waals surface area contributed by atoms with Gasteiger partial charge in [0, 0.05) is 60.7 Å². The van der Waals surface area contributed by atoms with Crippen molar-refractivity contribution >= 4 is 34.2 Å². The Kier molecular flexibility index (Phi) is 7.89. The molecule has 0 aliphatic carbocycles. The van der Waals surface area contributed by atoms with Crippen molar-refractivity contribution in [1.29, 1.82) is 0 Å². The lowest BCUT2D eigenvalue weighted by Crippen LogP contribution is -2.22. The molecule has 0 N–H and O–H groups in total. The maximum absolute atomic E-state index is 13.2. The summed E-state index contributed by atoms with van der Waals surface area (Å²) in [7, 11) is 7.95. The summed E-state index contributed by atoms with van der Waals surface area (Å²) >= 11 is 0. The quantitative estimate of drug-likeness (QED) is 0.221. The normalized spacial score (nSPS) is 12.0. The van der Waals surface area contributed by atoms with Crippen LogP contribution in [0.25, 0.3) is 16.6 Å². The first-order valence-corrected chi connectivity index (χ1v) is 14.1. The van der Waals surface area contributed by atoms with Gasteiger partial charge in [0.2, 0.25) is 5.36 Å². The molecular formula is C34H37N4O4+. The Morgan fingerprint density at radius 1 is 0.786 bits per heavy atom. The monoisotopic (exact) mass is 565 g/mol. The maximum Gasteiger partial charge on any atom is 0.355 e. The van der Waals surface area contributed by atoms with Crippen LogP contribution in [0.2, 0.25) is 0 Å². The summed E-state index contributed by atoms with van der Waals surface area (Å²) in [5.74, 6) is -0.799. The van der Waals surface area contributed by atoms with Crippen molar-refractivity contribution in [2.75, 3.05) is 46.3 Å². The van der Waals surface area contributed by atoms with Crippen LogP contribution >= 0.6 is 0 Å². The summed E-state index contributed by atoms with van der Waals surface area (Å²) < 4.78 is 16.7. The molecule has 0 spiro atoms. The van der Waals surface area contributed by atoms with Crippen LogP contribution in [-0.2, 0) is 9.47 Å². The smallest absolute Gasteiger partial charge is 0.355 e. The summed E-state index contributed by atoms with van der Waals surface area (Å²) in [6, 6.07) is 20.2. The van der Waals surface area contributed by atoms with Gasteiger partial charge in [0.15, 0.2) is 0 Å². The Bertz CT molecular complexity index is 1940. The molecule has 5 aromatic rings. The molecule has 42 heavy (non-hydrogen) atoms. The third-order valence-electron chi connectivity index (χ3n) is 7.39. The van der Waals surface area contributed by atoms with E-state index in [4.69, 9.17) is 9.47 Å². The molecule has 8 nitrogen and oxygen atoms in total. The zero-order valence-corrected chi connectivity index (χ0v) is 25.3. The van der Waals surface area contributed by atoms with Gasteiger partial charge >= 0.3 is 11.9 Å². The lowest BCUT2D eigenvalue weighted by molar-refractivity contribution is 0.0509. The molecule has 0 radical (unpaired) electrons. The third-order valence-corrected chi connectivity index (χ3v) is 7.39. The number of carbonyl (C=O) groups is 2. The van der Waals surface area contributed by atoms with E-state index >= 15 is 0 Å². The lowest BCUT2D eigenvalue weighted by Gasteiger charge is -2.14. The van der Waals surface area contributed by atoms with Crippen molar-refractivity contribution in [1.82, 2.24) is 13.4 Å². The highest BCUT2D eigenvalue weighted by Gasteiger charge is 2.23. The number of rotatable bonds is 7. The number of ether oxygens (including phenoxy) is 2. The zero-order valence-electron chi connectivity index (χ0n) is 25.3. The molecule has 0 unspecified atom stereocenters. The van der Waals surface area contributed by atoms with Crippen LogP contribution in [0.4, 0.5) is 5.69 Å². The van der Waals surface area contributed by atoms with Crippen molar-refractivity contribution in [2.45, 2.75) is 20.8 Å². The number of pyridine rings is 2. The number of aromatic nitrogens is 2. The van der Waals surface area contributed by atoms with Crippen LogP contribution in [0.15, 0.2) is 73.1 Å². The van der Waals surface area contributed by atoms with Crippen molar-refractivity contribution in [2.24, 2.45) is 0 Å². The average molecular weight is 566 g/mol. The van der Waals surface area contributed by atoms with E-state index < -0.39 is 11.9 Å². The largest absolute Gasteiger partial charge is 0.461 e. The van der Waals surface area contributed by atoms with Gasteiger partial charge in [0.1, 0.15) is 25.5 Å². The number of esters is 2. The van der Waals surface area contributed by atoms with Crippen LogP contribution in [0.3, 0.4) is 0 Å². The van der Waals surface area contributed by atoms with E-state index in [0.29, 0.717) is 11.4 Å². The molecule has 4 aromatic heterocycles. The van der Waals surface area contributed by atoms with Crippen molar-refractivity contribution in [3.8, 4) is 0 Å². The summed E-state index contributed by atoms with van der Waals surface area (Å²) in [6.07, 6.45) is 3.80. The highest BCUT2D eigenvalue weighted by Crippen LogP contribution is 2.31. The molecule has 0 saturated heterocycles. The van der Waals surface area contributed by atoms with Gasteiger partial charge in [-0.25, -0.2) is 14.2 Å². The van der Waals surface area contributed by atoms with Gasteiger partial charge in [-0.05, 0) is 50.6 Å². The Morgan fingerprint density at radius 3 is 1.98 bits per heavy atom. The molecule has 216 valence electrons. The zero-order chi connectivity index (χ0) is 30.1. The maximum atomic E-state index is 13.2. The molecule has 0 aliphatic heterocycles. The molecule has 5 rings (SSSR count). The standard InChI is InChI=1S/C34H37N4O4/c1-8-41-33(39)30-20-26(28-18-24(35(4)5)14-16-37(28)30)32(23-12-10-22(3)11-13-23)27-21-31(34(40)42-9-2)38-17-15-25(36(6)7)19-29(27)38/h10-21H,8-9H2,1-7H3/q+1. The molecule has 8 heteroatoms. The molecular weight excluding hydrogens is 528 g/mol. The Labute approximate surface area is 245 Å². The molecule has 4 heterocycles. The van der Waals surface area contributed by atoms with Gasteiger partial charge in [0.25, 0.3) is 0 Å². The van der Waals surface area contributed by atoms with E-state index in [2.05, 4.69) is 43.3 Å². The number of aryl methyl sites for hydroxylation is 1. The van der Waals surface area contributed by atoms with Gasteiger partial charge in [-0.15, -0.1) is 0 Å². The van der Waals surface area contributed by atoms with Crippen LogP contribution < -0.4 is 20.1 Å². The van der Waals surface area contributed by atoms with Crippen molar-refractivity contribution < 1.29 is 19.1 Å². The average Bonchev–Trinajstić information content (AvgIpc) is 3.53. The minimum atomic E-state index is -0.400. The van der Waals surface area contributed by atoms with Gasteiger partial charge in [0.05, 0.1) is 24.2 Å². The molecule has 0 atom stereocenters. The first-order chi connectivity index (χ1) is 20.1. The summed E-state index contributed by atoms with van der Waals surface area (Å²) in [4.78, 5) is 28.4. The Hall–Kier alpha value is -4.85. The fraction of sp³-hybridized carbons (Fsp3) is 0.265. The van der Waals surface area contributed by atoms with E-state index in [1.165, 1.54) is 0 Å². The fourth-order valence-corrected chi connectivity index (χ4v) is 5.23. The summed E-state index contributed by atoms with van der Waals surface area (Å²) in [5.41, 5.74) is 7.37. The first kappa shape index (κ1) is 28.7. The first-order valence-electron chi connectivity index (χ1n) is 14.1. The van der Waals surface area contributed by atoms with Crippen molar-refractivity contribution in [3.63, 3.8) is 0 Å². The number of fused-ring (bicyclic) bond motifs is 2. The second-order valence-electron chi connectivity index (χ2n) is 10.6. The lowest BCUT2D eigenvalue weighted by atomic mass is 9.95. The van der Waals surface area contributed by atoms with Crippen LogP contribution in [0.1, 0.15) is 51.5 Å².